The number of nitrogens with one attached hydrogen (secondary N) is 1. The van der Waals surface area contributed by atoms with Gasteiger partial charge in [-0.25, -0.2) is 8.42 Å². The molecule has 0 aromatic heterocycles. The molecule has 0 atom stereocenters. The van der Waals surface area contributed by atoms with E-state index in [1.807, 2.05) is 12.1 Å². The second-order valence-electron chi connectivity index (χ2n) is 6.24. The molecule has 8 heteroatoms. The van der Waals surface area contributed by atoms with Crippen LogP contribution < -0.4 is 15.0 Å². The molecule has 2 aromatic rings. The number of hydrogen-bond acceptors (Lipinski definition) is 6. The van der Waals surface area contributed by atoms with Crippen LogP contribution in [0.2, 0.25) is 0 Å². The Balaban J connectivity index is 1.86. The summed E-state index contributed by atoms with van der Waals surface area (Å²) in [7, 11) is -1.86. The Kier molecular flexibility index (Phi) is 5.67. The van der Waals surface area contributed by atoms with Crippen molar-refractivity contribution < 1.29 is 22.7 Å². The van der Waals surface area contributed by atoms with Crippen LogP contribution in [-0.4, -0.2) is 54.0 Å². The van der Waals surface area contributed by atoms with Crippen LogP contribution in [-0.2, 0) is 14.6 Å². The number of nitrogens with zero attached hydrogens (tertiary/aromatic N) is 1. The van der Waals surface area contributed by atoms with Crippen LogP contribution in [0.15, 0.2) is 47.4 Å². The fraction of sp³-hybridized carbons (Fsp3) is 0.316. The van der Waals surface area contributed by atoms with Gasteiger partial charge in [-0.3, -0.25) is 4.79 Å². The third kappa shape index (κ3) is 4.58. The Labute approximate surface area is 158 Å². The molecule has 0 unspecified atom stereocenters. The number of ether oxygens (including phenoxy) is 2. The van der Waals surface area contributed by atoms with Crippen molar-refractivity contribution in [1.29, 1.82) is 0 Å². The first-order chi connectivity index (χ1) is 12.9. The van der Waals surface area contributed by atoms with Crippen LogP contribution in [0.5, 0.6) is 5.75 Å². The van der Waals surface area contributed by atoms with Crippen LogP contribution in [0, 0.1) is 0 Å². The van der Waals surface area contributed by atoms with Crippen molar-refractivity contribution in [2.45, 2.75) is 4.90 Å². The molecule has 0 aliphatic carbocycles. The molecule has 1 aliphatic heterocycles. The molecule has 144 valence electrons. The second kappa shape index (κ2) is 7.98. The summed E-state index contributed by atoms with van der Waals surface area (Å²) in [6.45, 7) is 2.87. The molecular weight excluding hydrogens is 368 g/mol. The highest BCUT2D eigenvalue weighted by Gasteiger charge is 2.16. The lowest BCUT2D eigenvalue weighted by Crippen LogP contribution is -2.36. The summed E-state index contributed by atoms with van der Waals surface area (Å²) in [6, 6.07) is 11.5. The summed E-state index contributed by atoms with van der Waals surface area (Å²) in [5.41, 5.74) is 1.74. The first-order valence-corrected chi connectivity index (χ1v) is 10.4. The second-order valence-corrected chi connectivity index (χ2v) is 8.25. The van der Waals surface area contributed by atoms with E-state index in [1.54, 1.807) is 18.2 Å². The van der Waals surface area contributed by atoms with Crippen LogP contribution in [0.3, 0.4) is 0 Å². The van der Waals surface area contributed by atoms with Crippen molar-refractivity contribution in [3.8, 4) is 5.75 Å². The number of anilines is 2. The normalized spacial score (nSPS) is 14.7. The molecule has 7 nitrogen and oxygen atoms in total. The van der Waals surface area contributed by atoms with Crippen LogP contribution in [0.25, 0.3) is 0 Å². The molecule has 27 heavy (non-hydrogen) atoms. The van der Waals surface area contributed by atoms with E-state index >= 15 is 0 Å². The lowest BCUT2D eigenvalue weighted by molar-refractivity contribution is 0.102. The summed E-state index contributed by atoms with van der Waals surface area (Å²) in [5.74, 6) is 0.123. The molecule has 1 N–H and O–H groups in total. The van der Waals surface area contributed by atoms with Gasteiger partial charge in [0.1, 0.15) is 5.75 Å². The van der Waals surface area contributed by atoms with Crippen LogP contribution in [0.1, 0.15) is 10.4 Å². The van der Waals surface area contributed by atoms with Gasteiger partial charge in [-0.05, 0) is 36.4 Å². The van der Waals surface area contributed by atoms with Gasteiger partial charge in [0, 0.05) is 30.6 Å². The van der Waals surface area contributed by atoms with Crippen molar-refractivity contribution >= 4 is 27.1 Å². The van der Waals surface area contributed by atoms with E-state index in [4.69, 9.17) is 9.47 Å². The standard InChI is InChI=1S/C19H22N2O5S/c1-25-18-7-6-15(21-8-10-26-11-9-21)13-17(18)20-19(22)14-4-3-5-16(12-14)27(2,23)24/h3-7,12-13H,8-11H2,1-2H3,(H,20,22). The number of morpholine rings is 1. The number of hydrogen-bond donors (Lipinski definition) is 1. The summed E-state index contributed by atoms with van der Waals surface area (Å²) in [4.78, 5) is 14.9. The van der Waals surface area contributed by atoms with E-state index in [9.17, 15) is 13.2 Å². The van der Waals surface area contributed by atoms with Crippen molar-refractivity contribution in [1.82, 2.24) is 0 Å². The van der Waals surface area contributed by atoms with E-state index in [0.29, 0.717) is 24.7 Å². The van der Waals surface area contributed by atoms with Gasteiger partial charge in [0.15, 0.2) is 9.84 Å². The Bertz CT molecular complexity index is 937. The molecule has 1 aliphatic rings. The smallest absolute Gasteiger partial charge is 0.255 e. The maximum absolute atomic E-state index is 12.7. The van der Waals surface area contributed by atoms with Gasteiger partial charge in [0.2, 0.25) is 0 Å². The third-order valence-corrected chi connectivity index (χ3v) is 5.44. The monoisotopic (exact) mass is 390 g/mol. The molecule has 1 amide bonds. The molecule has 0 saturated carbocycles. The number of amides is 1. The predicted molar refractivity (Wildman–Crippen MR) is 104 cm³/mol. The summed E-state index contributed by atoms with van der Waals surface area (Å²) < 4.78 is 34.2. The molecule has 1 heterocycles. The minimum atomic E-state index is -3.39. The minimum absolute atomic E-state index is 0.101. The number of rotatable bonds is 5. The molecular formula is C19H22N2O5S. The molecule has 0 spiro atoms. The van der Waals surface area contributed by atoms with Gasteiger partial charge in [0.25, 0.3) is 5.91 Å². The zero-order chi connectivity index (χ0) is 19.4. The van der Waals surface area contributed by atoms with Crippen molar-refractivity contribution in [2.75, 3.05) is 49.9 Å². The van der Waals surface area contributed by atoms with Crippen LogP contribution in [0.4, 0.5) is 11.4 Å². The average Bonchev–Trinajstić information content (AvgIpc) is 2.68. The SMILES string of the molecule is COc1ccc(N2CCOCC2)cc1NC(=O)c1cccc(S(C)(=O)=O)c1. The zero-order valence-electron chi connectivity index (χ0n) is 15.3. The van der Waals surface area contributed by atoms with E-state index in [0.717, 1.165) is 25.0 Å². The number of carbonyl (C=O) groups is 1. The maximum atomic E-state index is 12.7. The van der Waals surface area contributed by atoms with E-state index in [-0.39, 0.29) is 10.5 Å². The summed E-state index contributed by atoms with van der Waals surface area (Å²) >= 11 is 0. The number of carbonyl (C=O) groups excluding carboxylic acids is 1. The minimum Gasteiger partial charge on any atom is -0.495 e. The largest absolute Gasteiger partial charge is 0.495 e. The summed E-state index contributed by atoms with van der Waals surface area (Å²) in [5, 5.41) is 2.82. The van der Waals surface area contributed by atoms with Gasteiger partial charge >= 0.3 is 0 Å². The third-order valence-electron chi connectivity index (χ3n) is 4.33. The fourth-order valence-corrected chi connectivity index (χ4v) is 3.54. The highest BCUT2D eigenvalue weighted by atomic mass is 32.2. The van der Waals surface area contributed by atoms with Gasteiger partial charge < -0.3 is 19.7 Å². The molecule has 0 radical (unpaired) electrons. The molecule has 0 bridgehead atoms. The number of methoxy groups -OCH3 is 1. The lowest BCUT2D eigenvalue weighted by atomic mass is 10.2. The highest BCUT2D eigenvalue weighted by molar-refractivity contribution is 7.90. The first kappa shape index (κ1) is 19.2. The number of benzene rings is 2. The Morgan fingerprint density at radius 2 is 1.89 bits per heavy atom. The lowest BCUT2D eigenvalue weighted by Gasteiger charge is -2.29. The maximum Gasteiger partial charge on any atom is 0.255 e. The summed E-state index contributed by atoms with van der Waals surface area (Å²) in [6.07, 6.45) is 1.11. The zero-order valence-corrected chi connectivity index (χ0v) is 16.1. The quantitative estimate of drug-likeness (QED) is 0.842. The first-order valence-electron chi connectivity index (χ1n) is 8.51. The van der Waals surface area contributed by atoms with Gasteiger partial charge in [-0.1, -0.05) is 6.07 Å². The molecule has 2 aromatic carbocycles. The van der Waals surface area contributed by atoms with Gasteiger partial charge in [-0.2, -0.15) is 0 Å². The Hall–Kier alpha value is -2.58. The number of sulfone groups is 1. The fourth-order valence-electron chi connectivity index (χ4n) is 2.87. The topological polar surface area (TPSA) is 84.9 Å². The Morgan fingerprint density at radius 3 is 2.56 bits per heavy atom. The van der Waals surface area contributed by atoms with Crippen molar-refractivity contribution in [2.24, 2.45) is 0 Å². The highest BCUT2D eigenvalue weighted by Crippen LogP contribution is 2.30. The van der Waals surface area contributed by atoms with Gasteiger partial charge in [0.05, 0.1) is 30.9 Å². The van der Waals surface area contributed by atoms with Gasteiger partial charge in [-0.15, -0.1) is 0 Å². The predicted octanol–water partition coefficient (Wildman–Crippen LogP) is 2.19. The molecule has 1 fully saturated rings. The molecule has 3 rings (SSSR count). The van der Waals surface area contributed by atoms with E-state index in [2.05, 4.69) is 10.2 Å². The Morgan fingerprint density at radius 1 is 1.15 bits per heavy atom. The molecule has 1 saturated heterocycles. The van der Waals surface area contributed by atoms with E-state index < -0.39 is 15.7 Å². The van der Waals surface area contributed by atoms with E-state index in [1.165, 1.54) is 19.2 Å². The average molecular weight is 390 g/mol. The van der Waals surface area contributed by atoms with Crippen LogP contribution >= 0.6 is 0 Å². The van der Waals surface area contributed by atoms with Crippen molar-refractivity contribution in [3.63, 3.8) is 0 Å². The van der Waals surface area contributed by atoms with Crippen molar-refractivity contribution in [3.05, 3.63) is 48.0 Å².